The van der Waals surface area contributed by atoms with Gasteiger partial charge >= 0.3 is 5.97 Å². The Balaban J connectivity index is 1.44. The Bertz CT molecular complexity index is 1350. The van der Waals surface area contributed by atoms with E-state index in [1.54, 1.807) is 5.38 Å². The molecule has 2 atom stereocenters. The summed E-state index contributed by atoms with van der Waals surface area (Å²) in [7, 11) is -4.02. The number of carbonyl (C=O) groups is 1. The summed E-state index contributed by atoms with van der Waals surface area (Å²) in [5.41, 5.74) is -0.149. The summed E-state index contributed by atoms with van der Waals surface area (Å²) in [6.45, 7) is 1.41. The lowest BCUT2D eigenvalue weighted by atomic mass is 9.80. The highest BCUT2D eigenvalue weighted by molar-refractivity contribution is 7.89. The lowest BCUT2D eigenvalue weighted by Gasteiger charge is -2.28. The number of nitrogens with one attached hydrogen (secondary N) is 3. The van der Waals surface area contributed by atoms with Crippen LogP contribution in [0.4, 0.5) is 9.52 Å². The van der Waals surface area contributed by atoms with Crippen molar-refractivity contribution in [2.24, 2.45) is 5.41 Å². The molecule has 13 heteroatoms. The summed E-state index contributed by atoms with van der Waals surface area (Å²) < 4.78 is 42.6. The monoisotopic (exact) mass is 552 g/mol. The van der Waals surface area contributed by atoms with Crippen LogP contribution in [0.3, 0.4) is 0 Å². The number of anilines is 1. The molecule has 0 aliphatic heterocycles. The van der Waals surface area contributed by atoms with Gasteiger partial charge in [-0.3, -0.25) is 4.79 Å². The normalized spacial score (nSPS) is 22.3. The molecule has 1 aromatic heterocycles. The standard InChI is InChI=1S/C23H25FN4O5S3/c1-23(20(30)31)9-8-15(11-19(23)29)25-21(34)27-22-26-17(12-35-22)13-6-7-16(24)18(10-13)36(32,33)28-14-4-2-3-5-14/h6-12,14,19,28-29H,2-5H2,1H3,(H,30,31)(H2,25,26,27,34). The van der Waals surface area contributed by atoms with Crippen molar-refractivity contribution >= 4 is 49.8 Å². The number of thiocarbonyl (C=S) groups is 1. The first-order chi connectivity index (χ1) is 17.0. The summed E-state index contributed by atoms with van der Waals surface area (Å²) >= 11 is 6.49. The van der Waals surface area contributed by atoms with Gasteiger partial charge in [-0.05, 0) is 62.3 Å². The van der Waals surface area contributed by atoms with Crippen molar-refractivity contribution in [3.8, 4) is 11.3 Å². The number of nitrogens with zero attached hydrogens (tertiary/aromatic N) is 1. The van der Waals surface area contributed by atoms with Gasteiger partial charge in [0.05, 0.1) is 11.8 Å². The quantitative estimate of drug-likeness (QED) is 0.327. The second kappa shape index (κ2) is 10.3. The lowest BCUT2D eigenvalue weighted by Crippen LogP contribution is -2.40. The zero-order chi connectivity index (χ0) is 26.1. The van der Waals surface area contributed by atoms with Crippen LogP contribution in [0.2, 0.25) is 0 Å². The molecular weight excluding hydrogens is 527 g/mol. The molecule has 1 heterocycles. The fourth-order valence-electron chi connectivity index (χ4n) is 3.96. The molecule has 0 saturated heterocycles. The highest BCUT2D eigenvalue weighted by Crippen LogP contribution is 2.31. The van der Waals surface area contributed by atoms with Crippen molar-refractivity contribution in [1.29, 1.82) is 0 Å². The molecule has 0 amide bonds. The van der Waals surface area contributed by atoms with Gasteiger partial charge in [0, 0.05) is 22.7 Å². The summed E-state index contributed by atoms with van der Waals surface area (Å²) in [6.07, 6.45) is 6.36. The van der Waals surface area contributed by atoms with Gasteiger partial charge in [0.15, 0.2) is 10.2 Å². The fourth-order valence-corrected chi connectivity index (χ4v) is 6.37. The van der Waals surface area contributed by atoms with Gasteiger partial charge < -0.3 is 20.8 Å². The first kappa shape index (κ1) is 26.4. The van der Waals surface area contributed by atoms with E-state index in [9.17, 15) is 27.8 Å². The molecule has 1 fully saturated rings. The zero-order valence-corrected chi connectivity index (χ0v) is 21.6. The van der Waals surface area contributed by atoms with Crippen LogP contribution in [0.1, 0.15) is 32.6 Å². The van der Waals surface area contributed by atoms with E-state index >= 15 is 0 Å². The molecule has 4 rings (SSSR count). The predicted octanol–water partition coefficient (Wildman–Crippen LogP) is 3.36. The number of carboxylic acids is 1. The highest BCUT2D eigenvalue weighted by Gasteiger charge is 2.39. The van der Waals surface area contributed by atoms with E-state index < -0.39 is 38.2 Å². The van der Waals surface area contributed by atoms with Crippen molar-refractivity contribution in [1.82, 2.24) is 15.0 Å². The van der Waals surface area contributed by atoms with Gasteiger partial charge in [-0.15, -0.1) is 11.3 Å². The summed E-state index contributed by atoms with van der Waals surface area (Å²) in [5, 5.41) is 27.5. The van der Waals surface area contributed by atoms with Crippen molar-refractivity contribution < 1.29 is 27.8 Å². The Morgan fingerprint density at radius 3 is 2.67 bits per heavy atom. The third-order valence-electron chi connectivity index (χ3n) is 6.20. The number of aliphatic carboxylic acids is 1. The van der Waals surface area contributed by atoms with Crippen molar-refractivity contribution in [2.45, 2.75) is 49.6 Å². The largest absolute Gasteiger partial charge is 0.481 e. The number of hydrogen-bond acceptors (Lipinski definition) is 7. The van der Waals surface area contributed by atoms with Gasteiger partial charge in [-0.1, -0.05) is 18.9 Å². The van der Waals surface area contributed by atoms with Crippen LogP contribution in [0.15, 0.2) is 52.4 Å². The summed E-state index contributed by atoms with van der Waals surface area (Å²) in [5.74, 6) is -1.98. The number of rotatable bonds is 7. The number of aromatic nitrogens is 1. The minimum atomic E-state index is -4.02. The van der Waals surface area contributed by atoms with E-state index in [4.69, 9.17) is 12.2 Å². The maximum atomic E-state index is 14.4. The second-order valence-corrected chi connectivity index (χ2v) is 11.8. The predicted molar refractivity (Wildman–Crippen MR) is 138 cm³/mol. The Morgan fingerprint density at radius 1 is 1.28 bits per heavy atom. The number of aliphatic hydroxyl groups is 1. The lowest BCUT2D eigenvalue weighted by molar-refractivity contribution is -0.149. The molecule has 2 aliphatic carbocycles. The SMILES string of the molecule is CC1(C(=O)O)C=CC(NC(=S)Nc2nc(-c3ccc(F)c(S(=O)(=O)NC4CCCC4)c3)cs2)=CC1O. The Kier molecular flexibility index (Phi) is 7.57. The number of sulfonamides is 1. The zero-order valence-electron chi connectivity index (χ0n) is 19.2. The number of thiazole rings is 1. The van der Waals surface area contributed by atoms with E-state index in [1.165, 1.54) is 48.6 Å². The molecule has 9 nitrogen and oxygen atoms in total. The van der Waals surface area contributed by atoms with Crippen LogP contribution in [0.5, 0.6) is 0 Å². The number of carboxylic acid groups (broad SMARTS) is 1. The number of hydrogen-bond donors (Lipinski definition) is 5. The van der Waals surface area contributed by atoms with Crippen LogP contribution >= 0.6 is 23.6 Å². The molecular formula is C23H25FN4O5S3. The number of allylic oxidation sites excluding steroid dienone is 1. The fraction of sp³-hybridized carbons (Fsp3) is 0.348. The molecule has 2 aliphatic rings. The van der Waals surface area contributed by atoms with E-state index in [-0.39, 0.29) is 11.2 Å². The third kappa shape index (κ3) is 5.65. The molecule has 2 aromatic rings. The third-order valence-corrected chi connectivity index (χ3v) is 8.70. The van der Waals surface area contributed by atoms with E-state index in [0.717, 1.165) is 31.7 Å². The van der Waals surface area contributed by atoms with Crippen LogP contribution < -0.4 is 15.4 Å². The molecule has 2 unspecified atom stereocenters. The minimum Gasteiger partial charge on any atom is -0.481 e. The van der Waals surface area contributed by atoms with Gasteiger partial charge in [0.1, 0.15) is 16.1 Å². The first-order valence-electron chi connectivity index (χ1n) is 11.2. The molecule has 0 bridgehead atoms. The van der Waals surface area contributed by atoms with E-state index in [1.807, 2.05) is 0 Å². The maximum Gasteiger partial charge on any atom is 0.316 e. The average Bonchev–Trinajstić information content (AvgIpc) is 3.48. The highest BCUT2D eigenvalue weighted by atomic mass is 32.2. The molecule has 36 heavy (non-hydrogen) atoms. The van der Waals surface area contributed by atoms with Crippen molar-refractivity contribution in [3.63, 3.8) is 0 Å². The van der Waals surface area contributed by atoms with E-state index in [2.05, 4.69) is 20.3 Å². The van der Waals surface area contributed by atoms with Crippen LogP contribution in [-0.4, -0.2) is 46.8 Å². The van der Waals surface area contributed by atoms with Gasteiger partial charge in [0.2, 0.25) is 10.0 Å². The minimum absolute atomic E-state index is 0.154. The van der Waals surface area contributed by atoms with Crippen LogP contribution in [0, 0.1) is 11.2 Å². The summed E-state index contributed by atoms with van der Waals surface area (Å²) in [4.78, 5) is 15.4. The second-order valence-electron chi connectivity index (χ2n) is 8.85. The molecule has 192 valence electrons. The number of benzene rings is 1. The molecule has 0 spiro atoms. The Morgan fingerprint density at radius 2 is 2.00 bits per heavy atom. The number of halogens is 1. The Hall–Kier alpha value is -2.71. The average molecular weight is 553 g/mol. The smallest absolute Gasteiger partial charge is 0.316 e. The Labute approximate surface area is 217 Å². The van der Waals surface area contributed by atoms with Gasteiger partial charge in [0.25, 0.3) is 0 Å². The maximum absolute atomic E-state index is 14.4. The van der Waals surface area contributed by atoms with Gasteiger partial charge in [-0.25, -0.2) is 22.5 Å². The van der Waals surface area contributed by atoms with Crippen molar-refractivity contribution in [3.05, 3.63) is 53.3 Å². The topological polar surface area (TPSA) is 141 Å². The van der Waals surface area contributed by atoms with Crippen LogP contribution in [-0.2, 0) is 14.8 Å². The molecule has 1 aromatic carbocycles. The van der Waals surface area contributed by atoms with Crippen LogP contribution in [0.25, 0.3) is 11.3 Å². The molecule has 5 N–H and O–H groups in total. The summed E-state index contributed by atoms with van der Waals surface area (Å²) in [6, 6.07) is 3.64. The van der Waals surface area contributed by atoms with Gasteiger partial charge in [-0.2, -0.15) is 0 Å². The molecule has 0 radical (unpaired) electrons. The first-order valence-corrected chi connectivity index (χ1v) is 13.9. The number of aliphatic hydroxyl groups excluding tert-OH is 1. The van der Waals surface area contributed by atoms with Crippen molar-refractivity contribution in [2.75, 3.05) is 5.32 Å². The molecule has 1 saturated carbocycles. The van der Waals surface area contributed by atoms with E-state index in [0.29, 0.717) is 22.1 Å².